The van der Waals surface area contributed by atoms with Crippen LogP contribution in [0.15, 0.2) is 60.7 Å². The Morgan fingerprint density at radius 1 is 0.962 bits per heavy atom. The average molecular weight is 353 g/mol. The smallest absolute Gasteiger partial charge is 0.310 e. The fourth-order valence-corrected chi connectivity index (χ4v) is 4.31. The minimum absolute atomic E-state index is 0.00656. The number of aliphatic hydroxyl groups is 1. The SMILES string of the molecule is CC(C)(C)C(C(=O)O)C1(O)CN(C(c2ccccc2)c2ccccc2)C1. The van der Waals surface area contributed by atoms with Crippen LogP contribution >= 0.6 is 0 Å². The summed E-state index contributed by atoms with van der Waals surface area (Å²) in [6.45, 7) is 6.31. The Hall–Kier alpha value is -2.17. The predicted octanol–water partition coefficient (Wildman–Crippen LogP) is 3.57. The average Bonchev–Trinajstić information content (AvgIpc) is 2.54. The van der Waals surface area contributed by atoms with Crippen molar-refractivity contribution in [3.63, 3.8) is 0 Å². The van der Waals surface area contributed by atoms with E-state index in [0.29, 0.717) is 13.1 Å². The summed E-state index contributed by atoms with van der Waals surface area (Å²) in [4.78, 5) is 14.0. The lowest BCUT2D eigenvalue weighted by Gasteiger charge is -2.55. The molecule has 0 saturated carbocycles. The van der Waals surface area contributed by atoms with Crippen LogP contribution < -0.4 is 0 Å². The molecule has 1 heterocycles. The number of aliphatic carboxylic acids is 1. The lowest BCUT2D eigenvalue weighted by Crippen LogP contribution is -2.69. The molecule has 2 aromatic rings. The summed E-state index contributed by atoms with van der Waals surface area (Å²) in [7, 11) is 0. The molecule has 3 rings (SSSR count). The lowest BCUT2D eigenvalue weighted by molar-refractivity contribution is -0.191. The molecule has 1 saturated heterocycles. The number of carboxylic acid groups (broad SMARTS) is 1. The Labute approximate surface area is 155 Å². The number of rotatable bonds is 5. The summed E-state index contributed by atoms with van der Waals surface area (Å²) >= 11 is 0. The topological polar surface area (TPSA) is 60.8 Å². The second-order valence-electron chi connectivity index (χ2n) is 8.37. The quantitative estimate of drug-likeness (QED) is 0.863. The summed E-state index contributed by atoms with van der Waals surface area (Å²) in [6.07, 6.45) is 0. The van der Waals surface area contributed by atoms with Gasteiger partial charge in [0.25, 0.3) is 0 Å². The van der Waals surface area contributed by atoms with Gasteiger partial charge in [-0.05, 0) is 16.5 Å². The van der Waals surface area contributed by atoms with Gasteiger partial charge in [0.1, 0.15) is 5.60 Å². The summed E-state index contributed by atoms with van der Waals surface area (Å²) in [5, 5.41) is 20.8. The molecule has 138 valence electrons. The number of benzene rings is 2. The minimum atomic E-state index is -1.22. The van der Waals surface area contributed by atoms with E-state index in [1.807, 2.05) is 57.2 Å². The van der Waals surface area contributed by atoms with Gasteiger partial charge in [0, 0.05) is 13.1 Å². The normalized spacial score (nSPS) is 18.3. The first-order valence-corrected chi connectivity index (χ1v) is 9.01. The van der Waals surface area contributed by atoms with Crippen molar-refractivity contribution in [3.8, 4) is 0 Å². The maximum atomic E-state index is 11.8. The second kappa shape index (κ2) is 6.86. The van der Waals surface area contributed by atoms with E-state index in [1.165, 1.54) is 0 Å². The number of hydrogen-bond acceptors (Lipinski definition) is 3. The van der Waals surface area contributed by atoms with Crippen molar-refractivity contribution in [2.75, 3.05) is 13.1 Å². The van der Waals surface area contributed by atoms with Gasteiger partial charge in [0.2, 0.25) is 0 Å². The molecule has 0 amide bonds. The molecule has 1 atom stereocenters. The first-order chi connectivity index (χ1) is 12.2. The fraction of sp³-hybridized carbons (Fsp3) is 0.409. The Balaban J connectivity index is 1.89. The van der Waals surface area contributed by atoms with Crippen molar-refractivity contribution in [2.45, 2.75) is 32.4 Å². The number of likely N-dealkylation sites (tertiary alicyclic amines) is 1. The molecule has 1 aliphatic rings. The van der Waals surface area contributed by atoms with Crippen LogP contribution in [0.2, 0.25) is 0 Å². The number of nitrogens with zero attached hydrogens (tertiary/aromatic N) is 1. The Morgan fingerprint density at radius 2 is 1.38 bits per heavy atom. The van der Waals surface area contributed by atoms with Crippen molar-refractivity contribution in [2.24, 2.45) is 11.3 Å². The number of β-amino-alcohol motifs (C(OH)–C–C–N with tert-alkyl or cyclic N) is 1. The third-order valence-corrected chi connectivity index (χ3v) is 5.20. The predicted molar refractivity (Wildman–Crippen MR) is 102 cm³/mol. The fourth-order valence-electron chi connectivity index (χ4n) is 4.31. The lowest BCUT2D eigenvalue weighted by atomic mass is 9.66. The van der Waals surface area contributed by atoms with Gasteiger partial charge in [0.05, 0.1) is 12.0 Å². The van der Waals surface area contributed by atoms with E-state index < -0.39 is 22.9 Å². The molecule has 0 radical (unpaired) electrons. The van der Waals surface area contributed by atoms with Gasteiger partial charge in [-0.1, -0.05) is 81.4 Å². The zero-order valence-corrected chi connectivity index (χ0v) is 15.6. The van der Waals surface area contributed by atoms with Crippen molar-refractivity contribution in [3.05, 3.63) is 71.8 Å². The van der Waals surface area contributed by atoms with Crippen LogP contribution in [0.4, 0.5) is 0 Å². The van der Waals surface area contributed by atoms with Gasteiger partial charge < -0.3 is 10.2 Å². The van der Waals surface area contributed by atoms with Crippen molar-refractivity contribution in [1.82, 2.24) is 4.90 Å². The Morgan fingerprint density at radius 3 is 1.73 bits per heavy atom. The maximum Gasteiger partial charge on any atom is 0.310 e. The van der Waals surface area contributed by atoms with Crippen molar-refractivity contribution < 1.29 is 15.0 Å². The highest BCUT2D eigenvalue weighted by molar-refractivity contribution is 5.73. The van der Waals surface area contributed by atoms with Gasteiger partial charge in [0.15, 0.2) is 0 Å². The molecule has 1 aliphatic heterocycles. The summed E-state index contributed by atoms with van der Waals surface area (Å²) < 4.78 is 0. The highest BCUT2D eigenvalue weighted by Gasteiger charge is 2.56. The molecular weight excluding hydrogens is 326 g/mol. The van der Waals surface area contributed by atoms with Crippen LogP contribution in [-0.2, 0) is 4.79 Å². The maximum absolute atomic E-state index is 11.8. The third-order valence-electron chi connectivity index (χ3n) is 5.20. The highest BCUT2D eigenvalue weighted by Crippen LogP contribution is 2.44. The zero-order chi connectivity index (χ0) is 18.9. The molecule has 1 fully saturated rings. The molecule has 2 aromatic carbocycles. The van der Waals surface area contributed by atoms with Crippen LogP contribution in [0, 0.1) is 11.3 Å². The monoisotopic (exact) mass is 353 g/mol. The molecule has 0 aromatic heterocycles. The molecule has 26 heavy (non-hydrogen) atoms. The first-order valence-electron chi connectivity index (χ1n) is 9.01. The van der Waals surface area contributed by atoms with Crippen LogP contribution in [-0.4, -0.2) is 39.8 Å². The van der Waals surface area contributed by atoms with Gasteiger partial charge in [-0.25, -0.2) is 0 Å². The molecule has 2 N–H and O–H groups in total. The molecule has 0 spiro atoms. The summed E-state index contributed by atoms with van der Waals surface area (Å²) in [5.41, 5.74) is 0.555. The van der Waals surface area contributed by atoms with E-state index in [4.69, 9.17) is 0 Å². The van der Waals surface area contributed by atoms with E-state index in [9.17, 15) is 15.0 Å². The molecule has 4 heteroatoms. The number of carboxylic acids is 1. The molecular formula is C22H27NO3. The van der Waals surface area contributed by atoms with E-state index in [0.717, 1.165) is 11.1 Å². The number of hydrogen-bond donors (Lipinski definition) is 2. The zero-order valence-electron chi connectivity index (χ0n) is 15.6. The van der Waals surface area contributed by atoms with Crippen molar-refractivity contribution >= 4 is 5.97 Å². The molecule has 0 aliphatic carbocycles. The largest absolute Gasteiger partial charge is 0.481 e. The number of carbonyl (C=O) groups is 1. The van der Waals surface area contributed by atoms with Crippen molar-refractivity contribution in [1.29, 1.82) is 0 Å². The highest BCUT2D eigenvalue weighted by atomic mass is 16.4. The molecule has 1 unspecified atom stereocenters. The first kappa shape index (κ1) is 18.6. The molecule has 0 bridgehead atoms. The standard InChI is InChI=1S/C22H27NO3/c1-21(2,3)19(20(24)25)22(26)14-23(15-22)18(16-10-6-4-7-11-16)17-12-8-5-9-13-17/h4-13,18-19,26H,14-15H2,1-3H3,(H,24,25). The summed E-state index contributed by atoms with van der Waals surface area (Å²) in [6, 6.07) is 20.3. The van der Waals surface area contributed by atoms with Crippen LogP contribution in [0.3, 0.4) is 0 Å². The molecule has 4 nitrogen and oxygen atoms in total. The summed E-state index contributed by atoms with van der Waals surface area (Å²) in [5.74, 6) is -1.74. The van der Waals surface area contributed by atoms with Gasteiger partial charge >= 0.3 is 5.97 Å². The van der Waals surface area contributed by atoms with Crippen LogP contribution in [0.5, 0.6) is 0 Å². The second-order valence-corrected chi connectivity index (χ2v) is 8.37. The Kier molecular flexibility index (Phi) is 4.91. The Bertz CT molecular complexity index is 706. The van der Waals surface area contributed by atoms with E-state index in [2.05, 4.69) is 29.2 Å². The van der Waals surface area contributed by atoms with Gasteiger partial charge in [-0.3, -0.25) is 9.69 Å². The van der Waals surface area contributed by atoms with E-state index in [1.54, 1.807) is 0 Å². The van der Waals surface area contributed by atoms with Crippen LogP contribution in [0.25, 0.3) is 0 Å². The van der Waals surface area contributed by atoms with E-state index >= 15 is 0 Å². The van der Waals surface area contributed by atoms with Gasteiger partial charge in [-0.15, -0.1) is 0 Å². The minimum Gasteiger partial charge on any atom is -0.481 e. The van der Waals surface area contributed by atoms with E-state index in [-0.39, 0.29) is 6.04 Å². The van der Waals surface area contributed by atoms with Crippen LogP contribution in [0.1, 0.15) is 37.9 Å². The third kappa shape index (κ3) is 3.53. The van der Waals surface area contributed by atoms with Gasteiger partial charge in [-0.2, -0.15) is 0 Å².